The molecule has 2 aromatic heterocycles. The van der Waals surface area contributed by atoms with Crippen LogP contribution in [-0.4, -0.2) is 46.4 Å². The van der Waals surface area contributed by atoms with E-state index < -0.39 is 0 Å². The number of rotatable bonds is 5. The van der Waals surface area contributed by atoms with Gasteiger partial charge in [0.1, 0.15) is 0 Å². The summed E-state index contributed by atoms with van der Waals surface area (Å²) in [5.74, 6) is -0.00750. The van der Waals surface area contributed by atoms with E-state index in [1.807, 2.05) is 29.8 Å². The van der Waals surface area contributed by atoms with Crippen LogP contribution in [0.5, 0.6) is 0 Å². The van der Waals surface area contributed by atoms with Crippen molar-refractivity contribution in [2.75, 3.05) is 26.2 Å². The zero-order valence-corrected chi connectivity index (χ0v) is 14.5. The number of fused-ring (bicyclic) bond motifs is 3. The molecule has 0 unspecified atom stereocenters. The molecule has 0 atom stereocenters. The molecule has 1 N–H and O–H groups in total. The van der Waals surface area contributed by atoms with E-state index in [9.17, 15) is 4.79 Å². The number of nitrogens with zero attached hydrogens (tertiary/aromatic N) is 3. The lowest BCUT2D eigenvalue weighted by Crippen LogP contribution is -2.33. The quantitative estimate of drug-likeness (QED) is 0.725. The predicted molar refractivity (Wildman–Crippen MR) is 97.8 cm³/mol. The minimum atomic E-state index is -0.00750. The van der Waals surface area contributed by atoms with Gasteiger partial charge in [0.15, 0.2) is 4.96 Å². The molecule has 126 valence electrons. The molecule has 1 aromatic carbocycles. The van der Waals surface area contributed by atoms with Gasteiger partial charge in [-0.3, -0.25) is 9.20 Å². The van der Waals surface area contributed by atoms with E-state index in [4.69, 9.17) is 0 Å². The van der Waals surface area contributed by atoms with E-state index in [2.05, 4.69) is 19.6 Å². The second kappa shape index (κ2) is 6.91. The average molecular weight is 342 g/mol. The number of hydrogen-bond donors (Lipinski definition) is 1. The van der Waals surface area contributed by atoms with Gasteiger partial charge in [-0.05, 0) is 57.1 Å². The molecule has 0 aliphatic carbocycles. The van der Waals surface area contributed by atoms with Gasteiger partial charge in [0, 0.05) is 23.7 Å². The van der Waals surface area contributed by atoms with E-state index in [0.29, 0.717) is 5.56 Å². The maximum absolute atomic E-state index is 12.3. The van der Waals surface area contributed by atoms with Crippen LogP contribution >= 0.6 is 11.3 Å². The van der Waals surface area contributed by atoms with Crippen LogP contribution < -0.4 is 5.32 Å². The Kier molecular flexibility index (Phi) is 4.49. The molecule has 0 saturated carbocycles. The largest absolute Gasteiger partial charge is 0.352 e. The van der Waals surface area contributed by atoms with Crippen LogP contribution in [-0.2, 0) is 0 Å². The molecule has 1 aliphatic heterocycles. The number of amides is 1. The Morgan fingerprint density at radius 3 is 3.00 bits per heavy atom. The molecule has 0 spiro atoms. The normalized spacial score (nSPS) is 16.0. The second-order valence-electron chi connectivity index (χ2n) is 6.38. The van der Waals surface area contributed by atoms with Gasteiger partial charge in [0.2, 0.25) is 0 Å². The van der Waals surface area contributed by atoms with Gasteiger partial charge in [-0.1, -0.05) is 6.42 Å². The summed E-state index contributed by atoms with van der Waals surface area (Å²) in [5.41, 5.74) is 2.61. The van der Waals surface area contributed by atoms with Crippen molar-refractivity contribution in [2.45, 2.75) is 25.7 Å². The van der Waals surface area contributed by atoms with Crippen molar-refractivity contribution in [3.05, 3.63) is 35.3 Å². The molecule has 1 fully saturated rings. The number of carbonyl (C=O) groups is 1. The number of hydrogen-bond acceptors (Lipinski definition) is 4. The van der Waals surface area contributed by atoms with Crippen molar-refractivity contribution < 1.29 is 4.79 Å². The fourth-order valence-electron chi connectivity index (χ4n) is 3.39. The molecule has 4 rings (SSSR count). The SMILES string of the molecule is O=C(NCCCN1CCCCC1)c1ccc2c(c1)nc1sccn12. The monoisotopic (exact) mass is 342 g/mol. The molecule has 0 radical (unpaired) electrons. The molecule has 1 aliphatic rings. The summed E-state index contributed by atoms with van der Waals surface area (Å²) >= 11 is 1.60. The van der Waals surface area contributed by atoms with E-state index in [-0.39, 0.29) is 5.91 Å². The Balaban J connectivity index is 1.34. The number of nitrogens with one attached hydrogen (secondary N) is 1. The maximum Gasteiger partial charge on any atom is 0.251 e. The highest BCUT2D eigenvalue weighted by Gasteiger charge is 2.11. The van der Waals surface area contributed by atoms with Gasteiger partial charge in [-0.15, -0.1) is 11.3 Å². The lowest BCUT2D eigenvalue weighted by molar-refractivity contribution is 0.0951. The van der Waals surface area contributed by atoms with Crippen molar-refractivity contribution in [1.29, 1.82) is 0 Å². The summed E-state index contributed by atoms with van der Waals surface area (Å²) in [7, 11) is 0. The van der Waals surface area contributed by atoms with Crippen molar-refractivity contribution in [1.82, 2.24) is 19.6 Å². The zero-order valence-electron chi connectivity index (χ0n) is 13.7. The second-order valence-corrected chi connectivity index (χ2v) is 7.26. The van der Waals surface area contributed by atoms with Gasteiger partial charge in [-0.2, -0.15) is 0 Å². The topological polar surface area (TPSA) is 49.6 Å². The molecule has 0 bridgehead atoms. The number of aromatic nitrogens is 2. The summed E-state index contributed by atoms with van der Waals surface area (Å²) in [5, 5.41) is 5.05. The number of carbonyl (C=O) groups excluding carboxylic acids is 1. The molecule has 3 aromatic rings. The molecular formula is C18H22N4OS. The van der Waals surface area contributed by atoms with Crippen LogP contribution in [0.4, 0.5) is 0 Å². The lowest BCUT2D eigenvalue weighted by Gasteiger charge is -2.26. The first-order chi connectivity index (χ1) is 11.8. The van der Waals surface area contributed by atoms with Crippen molar-refractivity contribution in [3.63, 3.8) is 0 Å². The van der Waals surface area contributed by atoms with Gasteiger partial charge in [0.25, 0.3) is 5.91 Å². The summed E-state index contributed by atoms with van der Waals surface area (Å²) in [4.78, 5) is 20.4. The van der Waals surface area contributed by atoms with E-state index in [1.54, 1.807) is 11.3 Å². The Labute approximate surface area is 145 Å². The van der Waals surface area contributed by atoms with Crippen LogP contribution in [0.15, 0.2) is 29.8 Å². The van der Waals surface area contributed by atoms with Crippen molar-refractivity contribution >= 4 is 33.2 Å². The third kappa shape index (κ3) is 3.16. The number of thiazole rings is 1. The number of likely N-dealkylation sites (tertiary alicyclic amines) is 1. The van der Waals surface area contributed by atoms with Crippen LogP contribution in [0, 0.1) is 0 Å². The zero-order chi connectivity index (χ0) is 16.4. The van der Waals surface area contributed by atoms with E-state index in [1.165, 1.54) is 32.4 Å². The van der Waals surface area contributed by atoms with Crippen molar-refractivity contribution in [2.24, 2.45) is 0 Å². The standard InChI is InChI=1S/C18H22N4OS/c23-17(19-7-4-10-21-8-2-1-3-9-21)14-5-6-16-15(13-14)20-18-22(16)11-12-24-18/h5-6,11-13H,1-4,7-10H2,(H,19,23). The Hall–Kier alpha value is -1.92. The summed E-state index contributed by atoms with van der Waals surface area (Å²) in [6, 6.07) is 5.74. The molecule has 3 heterocycles. The fraction of sp³-hybridized carbons (Fsp3) is 0.444. The maximum atomic E-state index is 12.3. The Bertz CT molecular complexity index is 847. The third-order valence-corrected chi connectivity index (χ3v) is 5.44. The number of piperidine rings is 1. The predicted octanol–water partition coefficient (Wildman–Crippen LogP) is 3.15. The molecule has 1 saturated heterocycles. The molecule has 1 amide bonds. The third-order valence-electron chi connectivity index (χ3n) is 4.69. The Morgan fingerprint density at radius 2 is 2.12 bits per heavy atom. The van der Waals surface area contributed by atoms with Crippen LogP contribution in [0.1, 0.15) is 36.0 Å². The molecular weight excluding hydrogens is 320 g/mol. The number of imidazole rings is 1. The van der Waals surface area contributed by atoms with Gasteiger partial charge >= 0.3 is 0 Å². The highest BCUT2D eigenvalue weighted by atomic mass is 32.1. The first-order valence-corrected chi connectivity index (χ1v) is 9.55. The van der Waals surface area contributed by atoms with Crippen LogP contribution in [0.3, 0.4) is 0 Å². The molecule has 24 heavy (non-hydrogen) atoms. The fourth-order valence-corrected chi connectivity index (χ4v) is 4.11. The lowest BCUT2D eigenvalue weighted by atomic mass is 10.1. The van der Waals surface area contributed by atoms with Gasteiger partial charge < -0.3 is 10.2 Å². The molecule has 5 nitrogen and oxygen atoms in total. The summed E-state index contributed by atoms with van der Waals surface area (Å²) < 4.78 is 2.06. The van der Waals surface area contributed by atoms with E-state index in [0.717, 1.165) is 35.5 Å². The van der Waals surface area contributed by atoms with Gasteiger partial charge in [-0.25, -0.2) is 4.98 Å². The van der Waals surface area contributed by atoms with Crippen LogP contribution in [0.2, 0.25) is 0 Å². The Morgan fingerprint density at radius 1 is 1.25 bits per heavy atom. The first-order valence-electron chi connectivity index (χ1n) is 8.67. The minimum absolute atomic E-state index is 0.00750. The number of benzene rings is 1. The van der Waals surface area contributed by atoms with Crippen molar-refractivity contribution in [3.8, 4) is 0 Å². The highest BCUT2D eigenvalue weighted by molar-refractivity contribution is 7.15. The minimum Gasteiger partial charge on any atom is -0.352 e. The van der Waals surface area contributed by atoms with E-state index >= 15 is 0 Å². The average Bonchev–Trinajstić information content (AvgIpc) is 3.20. The summed E-state index contributed by atoms with van der Waals surface area (Å²) in [6.07, 6.45) is 7.01. The van der Waals surface area contributed by atoms with Gasteiger partial charge in [0.05, 0.1) is 11.0 Å². The van der Waals surface area contributed by atoms with Crippen LogP contribution in [0.25, 0.3) is 16.0 Å². The molecule has 6 heteroatoms. The first kappa shape index (κ1) is 15.6. The smallest absolute Gasteiger partial charge is 0.251 e. The summed E-state index contributed by atoms with van der Waals surface area (Å²) in [6.45, 7) is 4.23. The highest BCUT2D eigenvalue weighted by Crippen LogP contribution is 2.21.